The minimum atomic E-state index is 0.751. The number of hydrogen-bond acceptors (Lipinski definition) is 1. The van der Waals surface area contributed by atoms with E-state index in [1.807, 2.05) is 6.92 Å². The van der Waals surface area contributed by atoms with Crippen molar-refractivity contribution in [2.75, 3.05) is 6.61 Å². The first-order valence-corrected chi connectivity index (χ1v) is 9.03. The lowest BCUT2D eigenvalue weighted by Crippen LogP contribution is -2.15. The molecule has 1 aromatic rings. The second kappa shape index (κ2) is 9.12. The van der Waals surface area contributed by atoms with Crippen LogP contribution in [0.1, 0.15) is 70.8 Å². The van der Waals surface area contributed by atoms with Crippen LogP contribution in [0, 0.1) is 11.8 Å². The molecule has 1 aliphatic rings. The van der Waals surface area contributed by atoms with Gasteiger partial charge in [0.25, 0.3) is 0 Å². The van der Waals surface area contributed by atoms with Crippen molar-refractivity contribution in [1.29, 1.82) is 0 Å². The van der Waals surface area contributed by atoms with E-state index in [2.05, 4.69) is 31.2 Å². The van der Waals surface area contributed by atoms with Gasteiger partial charge in [0, 0.05) is 0 Å². The molecule has 0 saturated heterocycles. The minimum Gasteiger partial charge on any atom is -0.494 e. The average molecular weight is 288 g/mol. The Kier molecular flexibility index (Phi) is 7.12. The molecule has 0 amide bonds. The molecule has 0 aliphatic heterocycles. The summed E-state index contributed by atoms with van der Waals surface area (Å²) in [5.41, 5.74) is 1.46. The van der Waals surface area contributed by atoms with Gasteiger partial charge in [0.15, 0.2) is 0 Å². The maximum absolute atomic E-state index is 5.50. The Morgan fingerprint density at radius 1 is 0.905 bits per heavy atom. The van der Waals surface area contributed by atoms with Gasteiger partial charge in [0.1, 0.15) is 5.75 Å². The molecule has 0 unspecified atom stereocenters. The lowest BCUT2D eigenvalue weighted by Gasteiger charge is -2.28. The Bertz CT molecular complexity index is 373. The van der Waals surface area contributed by atoms with Gasteiger partial charge in [-0.05, 0) is 49.3 Å². The molecule has 1 fully saturated rings. The van der Waals surface area contributed by atoms with Gasteiger partial charge in [-0.2, -0.15) is 0 Å². The first kappa shape index (κ1) is 16.4. The highest BCUT2D eigenvalue weighted by Crippen LogP contribution is 2.34. The summed E-state index contributed by atoms with van der Waals surface area (Å²) in [6.45, 7) is 5.09. The van der Waals surface area contributed by atoms with E-state index in [9.17, 15) is 0 Å². The minimum absolute atomic E-state index is 0.751. The van der Waals surface area contributed by atoms with Crippen LogP contribution in [0.2, 0.25) is 0 Å². The predicted octanol–water partition coefficient (Wildman–Crippen LogP) is 6.01. The van der Waals surface area contributed by atoms with Gasteiger partial charge in [-0.3, -0.25) is 0 Å². The van der Waals surface area contributed by atoms with Crippen molar-refractivity contribution in [2.24, 2.45) is 11.8 Å². The van der Waals surface area contributed by atoms with Crippen molar-refractivity contribution in [3.8, 4) is 5.75 Å². The van der Waals surface area contributed by atoms with Gasteiger partial charge < -0.3 is 4.74 Å². The van der Waals surface area contributed by atoms with E-state index < -0.39 is 0 Å². The van der Waals surface area contributed by atoms with E-state index in [0.717, 1.165) is 24.2 Å². The number of aryl methyl sites for hydroxylation is 1. The fourth-order valence-electron chi connectivity index (χ4n) is 3.59. The molecule has 0 bridgehead atoms. The van der Waals surface area contributed by atoms with Crippen molar-refractivity contribution in [2.45, 2.75) is 71.6 Å². The van der Waals surface area contributed by atoms with E-state index in [1.165, 1.54) is 63.4 Å². The molecule has 0 radical (unpaired) electrons. The Morgan fingerprint density at radius 3 is 2.10 bits per heavy atom. The van der Waals surface area contributed by atoms with Gasteiger partial charge in [-0.1, -0.05) is 64.0 Å². The quantitative estimate of drug-likeness (QED) is 0.569. The standard InChI is InChI=1S/C20H32O/c1-3-5-6-17-7-9-18(10-8-17)11-12-19-13-15-20(16-14-19)21-4-2/h13-18H,3-12H2,1-2H3/t17-,18-. The van der Waals surface area contributed by atoms with Crippen LogP contribution in [0.4, 0.5) is 0 Å². The molecular weight excluding hydrogens is 256 g/mol. The highest BCUT2D eigenvalue weighted by Gasteiger charge is 2.20. The van der Waals surface area contributed by atoms with Crippen LogP contribution in [0.15, 0.2) is 24.3 Å². The maximum atomic E-state index is 5.50. The monoisotopic (exact) mass is 288 g/mol. The molecule has 1 heteroatoms. The van der Waals surface area contributed by atoms with Crippen LogP contribution in [0.5, 0.6) is 5.75 Å². The van der Waals surface area contributed by atoms with E-state index in [1.54, 1.807) is 0 Å². The Hall–Kier alpha value is -0.980. The average Bonchev–Trinajstić information content (AvgIpc) is 2.53. The molecule has 0 N–H and O–H groups in total. The summed E-state index contributed by atoms with van der Waals surface area (Å²) in [4.78, 5) is 0. The molecule has 0 heterocycles. The normalized spacial score (nSPS) is 22.2. The highest BCUT2D eigenvalue weighted by molar-refractivity contribution is 5.27. The number of hydrogen-bond donors (Lipinski definition) is 0. The molecule has 1 saturated carbocycles. The number of ether oxygens (including phenoxy) is 1. The van der Waals surface area contributed by atoms with E-state index in [0.29, 0.717) is 0 Å². The predicted molar refractivity (Wildman–Crippen MR) is 90.9 cm³/mol. The zero-order valence-electron chi connectivity index (χ0n) is 13.9. The molecule has 21 heavy (non-hydrogen) atoms. The summed E-state index contributed by atoms with van der Waals surface area (Å²) in [7, 11) is 0. The maximum Gasteiger partial charge on any atom is 0.119 e. The first-order valence-electron chi connectivity index (χ1n) is 9.03. The van der Waals surface area contributed by atoms with Gasteiger partial charge >= 0.3 is 0 Å². The van der Waals surface area contributed by atoms with Crippen LogP contribution in [0.25, 0.3) is 0 Å². The molecule has 0 atom stereocenters. The Balaban J connectivity index is 1.67. The highest BCUT2D eigenvalue weighted by atomic mass is 16.5. The van der Waals surface area contributed by atoms with Gasteiger partial charge in [0.05, 0.1) is 6.61 Å². The van der Waals surface area contributed by atoms with Crippen molar-refractivity contribution in [3.05, 3.63) is 29.8 Å². The third kappa shape index (κ3) is 5.73. The van der Waals surface area contributed by atoms with Crippen LogP contribution < -0.4 is 4.74 Å². The van der Waals surface area contributed by atoms with E-state index in [-0.39, 0.29) is 0 Å². The van der Waals surface area contributed by atoms with Crippen LogP contribution in [-0.2, 0) is 6.42 Å². The SMILES string of the molecule is CCCC[C@H]1CC[C@H](CCc2ccc(OCC)cc2)CC1. The summed E-state index contributed by atoms with van der Waals surface area (Å²) in [5, 5.41) is 0. The van der Waals surface area contributed by atoms with Crippen LogP contribution in [-0.4, -0.2) is 6.61 Å². The summed E-state index contributed by atoms with van der Waals surface area (Å²) in [6, 6.07) is 8.69. The fourth-order valence-corrected chi connectivity index (χ4v) is 3.59. The third-order valence-electron chi connectivity index (χ3n) is 5.01. The second-order valence-electron chi connectivity index (χ2n) is 6.64. The number of unbranched alkanes of at least 4 members (excludes halogenated alkanes) is 1. The molecule has 0 spiro atoms. The van der Waals surface area contributed by atoms with Gasteiger partial charge in [-0.25, -0.2) is 0 Å². The molecule has 1 aliphatic carbocycles. The van der Waals surface area contributed by atoms with Crippen molar-refractivity contribution in [1.82, 2.24) is 0 Å². The number of benzene rings is 1. The molecular formula is C20H32O. The first-order chi connectivity index (χ1) is 10.3. The summed E-state index contributed by atoms with van der Waals surface area (Å²) < 4.78 is 5.50. The molecule has 1 aromatic carbocycles. The molecule has 1 nitrogen and oxygen atoms in total. The smallest absolute Gasteiger partial charge is 0.119 e. The van der Waals surface area contributed by atoms with E-state index in [4.69, 9.17) is 4.74 Å². The molecule has 118 valence electrons. The van der Waals surface area contributed by atoms with Crippen LogP contribution in [0.3, 0.4) is 0 Å². The molecule has 0 aromatic heterocycles. The van der Waals surface area contributed by atoms with Gasteiger partial charge in [-0.15, -0.1) is 0 Å². The van der Waals surface area contributed by atoms with Crippen molar-refractivity contribution in [3.63, 3.8) is 0 Å². The summed E-state index contributed by atoms with van der Waals surface area (Å²) in [5.74, 6) is 3.00. The van der Waals surface area contributed by atoms with Crippen molar-refractivity contribution >= 4 is 0 Å². The second-order valence-corrected chi connectivity index (χ2v) is 6.64. The Morgan fingerprint density at radius 2 is 1.52 bits per heavy atom. The lowest BCUT2D eigenvalue weighted by atomic mass is 9.78. The van der Waals surface area contributed by atoms with Gasteiger partial charge in [0.2, 0.25) is 0 Å². The third-order valence-corrected chi connectivity index (χ3v) is 5.01. The molecule has 2 rings (SSSR count). The van der Waals surface area contributed by atoms with Crippen molar-refractivity contribution < 1.29 is 4.74 Å². The largest absolute Gasteiger partial charge is 0.494 e. The summed E-state index contributed by atoms with van der Waals surface area (Å²) >= 11 is 0. The van der Waals surface area contributed by atoms with E-state index >= 15 is 0 Å². The zero-order valence-corrected chi connectivity index (χ0v) is 13.9. The number of rotatable bonds is 8. The zero-order chi connectivity index (χ0) is 14.9. The van der Waals surface area contributed by atoms with Crippen LogP contribution >= 0.6 is 0 Å². The summed E-state index contributed by atoms with van der Waals surface area (Å²) in [6.07, 6.45) is 12.8. The Labute approximate surface area is 131 Å². The topological polar surface area (TPSA) is 9.23 Å². The lowest BCUT2D eigenvalue weighted by molar-refractivity contribution is 0.250. The fraction of sp³-hybridized carbons (Fsp3) is 0.700.